The monoisotopic (exact) mass is 525 g/mol. The average Bonchev–Trinajstić information content (AvgIpc) is 3.65. The number of carbonyl (C=O) groups excluding carboxylic acids is 1. The zero-order valence-corrected chi connectivity index (χ0v) is 22.4. The topological polar surface area (TPSA) is 91.7 Å². The standard InChI is InChI=1S/C32H27N7O/c1-19-16-34-32(35-28-15-20(2)38(3)37-28)36-29(19)25-17-33-30-23(25)12-8-14-27(30)39-18-26-22(21-9-5-4-6-10-21)11-7-13-24(26)31(39)40/h4-17,33H,18H2,1-3H3,(H,34,35,36,37). The van der Waals surface area contributed by atoms with Gasteiger partial charge in [-0.1, -0.05) is 54.6 Å². The predicted molar refractivity (Wildman–Crippen MR) is 158 cm³/mol. The van der Waals surface area contributed by atoms with Crippen LogP contribution in [0.3, 0.4) is 0 Å². The summed E-state index contributed by atoms with van der Waals surface area (Å²) in [6.07, 6.45) is 3.77. The summed E-state index contributed by atoms with van der Waals surface area (Å²) in [5.74, 6) is 1.17. The van der Waals surface area contributed by atoms with Crippen LogP contribution in [0, 0.1) is 13.8 Å². The molecule has 1 aliphatic heterocycles. The molecule has 0 bridgehead atoms. The van der Waals surface area contributed by atoms with E-state index in [9.17, 15) is 4.79 Å². The molecule has 3 aromatic carbocycles. The van der Waals surface area contributed by atoms with Gasteiger partial charge in [0.15, 0.2) is 5.82 Å². The van der Waals surface area contributed by atoms with Gasteiger partial charge in [-0.3, -0.25) is 9.48 Å². The molecule has 1 aliphatic rings. The predicted octanol–water partition coefficient (Wildman–Crippen LogP) is 6.55. The number of benzene rings is 3. The Kier molecular flexibility index (Phi) is 5.48. The number of nitrogens with zero attached hydrogens (tertiary/aromatic N) is 5. The molecule has 0 atom stereocenters. The Morgan fingerprint density at radius 1 is 0.925 bits per heavy atom. The summed E-state index contributed by atoms with van der Waals surface area (Å²) in [4.78, 5) is 28.3. The zero-order chi connectivity index (χ0) is 27.4. The first kappa shape index (κ1) is 23.8. The molecule has 1 amide bonds. The molecule has 0 radical (unpaired) electrons. The van der Waals surface area contributed by atoms with Crippen molar-refractivity contribution in [1.29, 1.82) is 0 Å². The van der Waals surface area contributed by atoms with Crippen molar-refractivity contribution in [2.45, 2.75) is 20.4 Å². The number of nitrogens with one attached hydrogen (secondary N) is 2. The maximum absolute atomic E-state index is 13.7. The lowest BCUT2D eigenvalue weighted by Gasteiger charge is -2.17. The second-order valence-electron chi connectivity index (χ2n) is 10.1. The number of anilines is 3. The highest BCUT2D eigenvalue weighted by molar-refractivity contribution is 6.15. The van der Waals surface area contributed by atoms with Crippen LogP contribution in [-0.2, 0) is 13.6 Å². The van der Waals surface area contributed by atoms with Gasteiger partial charge in [0.2, 0.25) is 5.95 Å². The molecule has 8 heteroatoms. The zero-order valence-electron chi connectivity index (χ0n) is 22.4. The highest BCUT2D eigenvalue weighted by Crippen LogP contribution is 2.40. The normalized spacial score (nSPS) is 12.8. The van der Waals surface area contributed by atoms with Gasteiger partial charge in [0.05, 0.1) is 23.4 Å². The van der Waals surface area contributed by atoms with Crippen molar-refractivity contribution in [1.82, 2.24) is 24.7 Å². The van der Waals surface area contributed by atoms with Crippen molar-refractivity contribution in [3.05, 3.63) is 108 Å². The third-order valence-corrected chi connectivity index (χ3v) is 7.62. The van der Waals surface area contributed by atoms with Gasteiger partial charge >= 0.3 is 0 Å². The Bertz CT molecular complexity index is 1900. The van der Waals surface area contributed by atoms with Gasteiger partial charge in [0.25, 0.3) is 5.91 Å². The van der Waals surface area contributed by atoms with Crippen LogP contribution in [0.15, 0.2) is 85.2 Å². The van der Waals surface area contributed by atoms with E-state index < -0.39 is 0 Å². The maximum atomic E-state index is 13.7. The molecular weight excluding hydrogens is 498 g/mol. The fraction of sp³-hybridized carbons (Fsp3) is 0.125. The second-order valence-corrected chi connectivity index (χ2v) is 10.1. The van der Waals surface area contributed by atoms with Crippen molar-refractivity contribution in [3.63, 3.8) is 0 Å². The van der Waals surface area contributed by atoms with Crippen LogP contribution in [0.1, 0.15) is 27.2 Å². The first-order valence-electron chi connectivity index (χ1n) is 13.2. The molecule has 3 aromatic heterocycles. The number of para-hydroxylation sites is 1. The number of hydrogen-bond acceptors (Lipinski definition) is 5. The van der Waals surface area contributed by atoms with Gasteiger partial charge in [0, 0.05) is 47.7 Å². The van der Waals surface area contributed by atoms with Gasteiger partial charge in [-0.25, -0.2) is 9.97 Å². The highest BCUT2D eigenvalue weighted by atomic mass is 16.2. The maximum Gasteiger partial charge on any atom is 0.259 e. The summed E-state index contributed by atoms with van der Waals surface area (Å²) in [6.45, 7) is 4.50. The van der Waals surface area contributed by atoms with Crippen molar-refractivity contribution in [3.8, 4) is 22.4 Å². The summed E-state index contributed by atoms with van der Waals surface area (Å²) >= 11 is 0. The summed E-state index contributed by atoms with van der Waals surface area (Å²) < 4.78 is 1.80. The smallest absolute Gasteiger partial charge is 0.259 e. The van der Waals surface area contributed by atoms with E-state index in [0.717, 1.165) is 61.4 Å². The van der Waals surface area contributed by atoms with Crippen molar-refractivity contribution >= 4 is 34.3 Å². The van der Waals surface area contributed by atoms with Crippen LogP contribution in [0.25, 0.3) is 33.3 Å². The molecule has 0 unspecified atom stereocenters. The van der Waals surface area contributed by atoms with E-state index in [-0.39, 0.29) is 5.91 Å². The van der Waals surface area contributed by atoms with E-state index >= 15 is 0 Å². The lowest BCUT2D eigenvalue weighted by molar-refractivity contribution is 0.0997. The molecule has 40 heavy (non-hydrogen) atoms. The molecule has 0 saturated heterocycles. The lowest BCUT2D eigenvalue weighted by Crippen LogP contribution is -2.23. The summed E-state index contributed by atoms with van der Waals surface area (Å²) in [7, 11) is 1.90. The molecule has 4 heterocycles. The van der Waals surface area contributed by atoms with E-state index in [2.05, 4.69) is 44.6 Å². The van der Waals surface area contributed by atoms with Crippen LogP contribution in [0.2, 0.25) is 0 Å². The molecule has 7 rings (SSSR count). The number of aryl methyl sites for hydroxylation is 3. The number of H-pyrrole nitrogens is 1. The van der Waals surface area contributed by atoms with E-state index in [0.29, 0.717) is 18.3 Å². The first-order valence-corrected chi connectivity index (χ1v) is 13.2. The Hall–Kier alpha value is -5.24. The molecule has 8 nitrogen and oxygen atoms in total. The number of hydrogen-bond donors (Lipinski definition) is 2. The minimum Gasteiger partial charge on any atom is -0.359 e. The fourth-order valence-corrected chi connectivity index (χ4v) is 5.49. The van der Waals surface area contributed by atoms with Gasteiger partial charge < -0.3 is 15.2 Å². The molecule has 196 valence electrons. The Labute approximate surface area is 231 Å². The first-order chi connectivity index (χ1) is 19.5. The van der Waals surface area contributed by atoms with Gasteiger partial charge in [-0.15, -0.1) is 0 Å². The van der Waals surface area contributed by atoms with E-state index in [1.807, 2.05) is 86.7 Å². The Morgan fingerprint density at radius 3 is 2.52 bits per heavy atom. The van der Waals surface area contributed by atoms with E-state index in [4.69, 9.17) is 4.98 Å². The molecular formula is C32H27N7O. The quantitative estimate of drug-likeness (QED) is 0.266. The van der Waals surface area contributed by atoms with Gasteiger partial charge in [0.1, 0.15) is 0 Å². The minimum absolute atomic E-state index is 0.00629. The minimum atomic E-state index is 0.00629. The number of carbonyl (C=O) groups is 1. The fourth-order valence-electron chi connectivity index (χ4n) is 5.49. The Balaban J connectivity index is 1.26. The molecule has 0 fully saturated rings. The van der Waals surface area contributed by atoms with E-state index in [1.54, 1.807) is 4.68 Å². The second kappa shape index (κ2) is 9.20. The van der Waals surface area contributed by atoms with Gasteiger partial charge in [-0.2, -0.15) is 5.10 Å². The van der Waals surface area contributed by atoms with Crippen LogP contribution in [0.5, 0.6) is 0 Å². The van der Waals surface area contributed by atoms with E-state index in [1.165, 1.54) is 0 Å². The van der Waals surface area contributed by atoms with Crippen LogP contribution in [-0.4, -0.2) is 30.6 Å². The SMILES string of the molecule is Cc1cnc(Nc2cc(C)n(C)n2)nc1-c1c[nH]c2c(N3Cc4c(cccc4-c4ccccc4)C3=O)cccc12. The third-order valence-electron chi connectivity index (χ3n) is 7.62. The Morgan fingerprint density at radius 2 is 1.73 bits per heavy atom. The van der Waals surface area contributed by atoms with Crippen molar-refractivity contribution in [2.75, 3.05) is 10.2 Å². The van der Waals surface area contributed by atoms with Gasteiger partial charge in [-0.05, 0) is 48.2 Å². The summed E-state index contributed by atoms with van der Waals surface area (Å²) in [6, 6.07) is 24.2. The molecule has 0 saturated carbocycles. The number of aromatic nitrogens is 5. The molecule has 6 aromatic rings. The molecule has 2 N–H and O–H groups in total. The average molecular weight is 526 g/mol. The highest BCUT2D eigenvalue weighted by Gasteiger charge is 2.32. The van der Waals surface area contributed by atoms with Crippen LogP contribution < -0.4 is 10.2 Å². The number of rotatable bonds is 5. The van der Waals surface area contributed by atoms with Crippen molar-refractivity contribution in [2.24, 2.45) is 7.05 Å². The summed E-state index contributed by atoms with van der Waals surface area (Å²) in [5.41, 5.74) is 9.49. The third kappa shape index (κ3) is 3.84. The largest absolute Gasteiger partial charge is 0.359 e. The van der Waals surface area contributed by atoms with Crippen LogP contribution >= 0.6 is 0 Å². The van der Waals surface area contributed by atoms with Crippen LogP contribution in [0.4, 0.5) is 17.5 Å². The molecule has 0 aliphatic carbocycles. The number of aromatic amines is 1. The number of fused-ring (bicyclic) bond motifs is 2. The number of amides is 1. The lowest BCUT2D eigenvalue weighted by atomic mass is 9.97. The van der Waals surface area contributed by atoms with Crippen molar-refractivity contribution < 1.29 is 4.79 Å². The summed E-state index contributed by atoms with van der Waals surface area (Å²) in [5, 5.41) is 8.67. The molecule has 0 spiro atoms.